The summed E-state index contributed by atoms with van der Waals surface area (Å²) < 4.78 is 1.75. The van der Waals surface area contributed by atoms with Gasteiger partial charge in [0.15, 0.2) is 5.65 Å². The number of benzene rings is 1. The first-order valence-corrected chi connectivity index (χ1v) is 11.6. The Morgan fingerprint density at radius 1 is 1.09 bits per heavy atom. The Kier molecular flexibility index (Phi) is 5.34. The van der Waals surface area contributed by atoms with Crippen LogP contribution < -0.4 is 4.90 Å². The summed E-state index contributed by atoms with van der Waals surface area (Å²) >= 11 is 1.48. The van der Waals surface area contributed by atoms with Gasteiger partial charge < -0.3 is 9.80 Å². The molecule has 0 radical (unpaired) electrons. The lowest BCUT2D eigenvalue weighted by Crippen LogP contribution is -2.49. The Morgan fingerprint density at radius 2 is 1.84 bits per heavy atom. The molecule has 0 atom stereocenters. The molecule has 0 saturated carbocycles. The van der Waals surface area contributed by atoms with Crippen molar-refractivity contribution in [2.45, 2.75) is 20.3 Å². The first kappa shape index (κ1) is 20.6. The van der Waals surface area contributed by atoms with E-state index in [9.17, 15) is 4.79 Å². The lowest BCUT2D eigenvalue weighted by atomic mass is 10.1. The van der Waals surface area contributed by atoms with Gasteiger partial charge in [-0.05, 0) is 18.9 Å². The number of nitrogens with zero attached hydrogens (tertiary/aromatic N) is 7. The van der Waals surface area contributed by atoms with Gasteiger partial charge in [-0.2, -0.15) is 5.10 Å². The van der Waals surface area contributed by atoms with Crippen molar-refractivity contribution in [2.75, 3.05) is 31.1 Å². The van der Waals surface area contributed by atoms with Gasteiger partial charge in [-0.1, -0.05) is 31.2 Å². The van der Waals surface area contributed by atoms with Crippen LogP contribution in [0.5, 0.6) is 0 Å². The highest BCUT2D eigenvalue weighted by atomic mass is 32.1. The average Bonchev–Trinajstić information content (AvgIpc) is 3.41. The molecule has 9 heteroatoms. The molecule has 1 aromatic carbocycles. The third-order valence-corrected chi connectivity index (χ3v) is 7.17. The number of carbonyl (C=O) groups is 1. The molecule has 1 amide bonds. The molecule has 4 heterocycles. The van der Waals surface area contributed by atoms with Crippen molar-refractivity contribution < 1.29 is 4.79 Å². The third kappa shape index (κ3) is 3.62. The van der Waals surface area contributed by atoms with E-state index in [1.165, 1.54) is 16.9 Å². The first-order valence-electron chi connectivity index (χ1n) is 10.8. The number of carbonyl (C=O) groups excluding carboxylic acids is 1. The van der Waals surface area contributed by atoms with E-state index in [1.54, 1.807) is 17.2 Å². The van der Waals surface area contributed by atoms with Gasteiger partial charge in [0, 0.05) is 38.8 Å². The SMILES string of the molecule is CCc1ccc(-c2nc(C)c(C(=O)N3CCN(c4ncnc5c4cnn5C)CC3)s2)cc1. The zero-order valence-electron chi connectivity index (χ0n) is 18.4. The van der Waals surface area contributed by atoms with Gasteiger partial charge in [-0.3, -0.25) is 9.48 Å². The molecule has 32 heavy (non-hydrogen) atoms. The van der Waals surface area contributed by atoms with Crippen LogP contribution in [-0.4, -0.2) is 61.7 Å². The number of aromatic nitrogens is 5. The molecule has 1 aliphatic heterocycles. The van der Waals surface area contributed by atoms with Crippen LogP contribution in [0.25, 0.3) is 21.6 Å². The fraction of sp³-hybridized carbons (Fsp3) is 0.348. The van der Waals surface area contributed by atoms with Gasteiger partial charge in [0.2, 0.25) is 0 Å². The number of thiazole rings is 1. The second-order valence-corrected chi connectivity index (χ2v) is 8.97. The summed E-state index contributed by atoms with van der Waals surface area (Å²) in [6.45, 7) is 6.78. The van der Waals surface area contributed by atoms with Crippen LogP contribution >= 0.6 is 11.3 Å². The standard InChI is InChI=1S/C23H25N7OS/c1-4-16-5-7-17(8-6-16)22-27-15(2)19(32-22)23(31)30-11-9-29(10-12-30)21-18-13-26-28(3)20(18)24-14-25-21/h5-8,13-14H,4,9-12H2,1-3H3. The van der Waals surface area contributed by atoms with Gasteiger partial charge in [-0.25, -0.2) is 15.0 Å². The minimum absolute atomic E-state index is 0.0605. The summed E-state index contributed by atoms with van der Waals surface area (Å²) in [7, 11) is 1.87. The lowest BCUT2D eigenvalue weighted by molar-refractivity contribution is 0.0750. The number of anilines is 1. The lowest BCUT2D eigenvalue weighted by Gasteiger charge is -2.35. The smallest absolute Gasteiger partial charge is 0.265 e. The third-order valence-electron chi connectivity index (χ3n) is 5.97. The molecule has 0 unspecified atom stereocenters. The normalized spacial score (nSPS) is 14.3. The number of hydrogen-bond donors (Lipinski definition) is 0. The van der Waals surface area contributed by atoms with E-state index < -0.39 is 0 Å². The maximum Gasteiger partial charge on any atom is 0.265 e. The first-order chi connectivity index (χ1) is 15.5. The molecule has 1 fully saturated rings. The Bertz CT molecular complexity index is 1270. The Morgan fingerprint density at radius 3 is 2.56 bits per heavy atom. The molecule has 0 aliphatic carbocycles. The molecule has 1 aliphatic rings. The molecule has 5 rings (SSSR count). The van der Waals surface area contributed by atoms with Gasteiger partial charge in [0.05, 0.1) is 17.3 Å². The van der Waals surface area contributed by atoms with Crippen LogP contribution in [-0.2, 0) is 13.5 Å². The predicted octanol–water partition coefficient (Wildman–Crippen LogP) is 3.32. The maximum atomic E-state index is 13.3. The monoisotopic (exact) mass is 447 g/mol. The molecule has 0 bridgehead atoms. The van der Waals surface area contributed by atoms with E-state index in [1.807, 2.05) is 18.9 Å². The largest absolute Gasteiger partial charge is 0.352 e. The molecule has 8 nitrogen and oxygen atoms in total. The van der Waals surface area contributed by atoms with E-state index >= 15 is 0 Å². The van der Waals surface area contributed by atoms with E-state index in [0.29, 0.717) is 13.1 Å². The molecular formula is C23H25N7OS. The van der Waals surface area contributed by atoms with E-state index in [-0.39, 0.29) is 5.91 Å². The summed E-state index contributed by atoms with van der Waals surface area (Å²) in [5.74, 6) is 0.937. The van der Waals surface area contributed by atoms with Gasteiger partial charge in [0.25, 0.3) is 5.91 Å². The summed E-state index contributed by atoms with van der Waals surface area (Å²) in [5.41, 5.74) is 3.96. The van der Waals surface area contributed by atoms with Gasteiger partial charge >= 0.3 is 0 Å². The van der Waals surface area contributed by atoms with E-state index in [4.69, 9.17) is 0 Å². The summed E-state index contributed by atoms with van der Waals surface area (Å²) in [4.78, 5) is 31.6. The Hall–Kier alpha value is -3.33. The fourth-order valence-corrected chi connectivity index (χ4v) is 5.11. The molecular weight excluding hydrogens is 422 g/mol. The van der Waals surface area contributed by atoms with Crippen LogP contribution in [0.1, 0.15) is 27.9 Å². The van der Waals surface area contributed by atoms with Crippen molar-refractivity contribution in [1.82, 2.24) is 29.6 Å². The second-order valence-electron chi connectivity index (χ2n) is 7.97. The topological polar surface area (TPSA) is 80.0 Å². The maximum absolute atomic E-state index is 13.3. The second kappa shape index (κ2) is 8.31. The van der Waals surface area contributed by atoms with Crippen LogP contribution in [0.3, 0.4) is 0 Å². The average molecular weight is 448 g/mol. The van der Waals surface area contributed by atoms with Crippen molar-refractivity contribution in [3.63, 3.8) is 0 Å². The minimum atomic E-state index is 0.0605. The van der Waals surface area contributed by atoms with Gasteiger partial charge in [0.1, 0.15) is 22.0 Å². The van der Waals surface area contributed by atoms with Crippen molar-refractivity contribution in [3.05, 3.63) is 52.9 Å². The number of amides is 1. The Balaban J connectivity index is 1.30. The molecule has 4 aromatic rings. The number of hydrogen-bond acceptors (Lipinski definition) is 7. The summed E-state index contributed by atoms with van der Waals surface area (Å²) in [5, 5.41) is 6.13. The number of piperazine rings is 1. The van der Waals surface area contributed by atoms with Crippen molar-refractivity contribution >= 4 is 34.1 Å². The fourth-order valence-electron chi connectivity index (χ4n) is 4.07. The predicted molar refractivity (Wildman–Crippen MR) is 126 cm³/mol. The number of rotatable bonds is 4. The van der Waals surface area contributed by atoms with Crippen LogP contribution in [0.4, 0.5) is 5.82 Å². The molecule has 164 valence electrons. The quantitative estimate of drug-likeness (QED) is 0.477. The van der Waals surface area contributed by atoms with Crippen molar-refractivity contribution in [1.29, 1.82) is 0 Å². The molecule has 1 saturated heterocycles. The molecule has 3 aromatic heterocycles. The highest BCUT2D eigenvalue weighted by Gasteiger charge is 2.27. The summed E-state index contributed by atoms with van der Waals surface area (Å²) in [6.07, 6.45) is 4.39. The van der Waals surface area contributed by atoms with Crippen LogP contribution in [0.15, 0.2) is 36.8 Å². The summed E-state index contributed by atoms with van der Waals surface area (Å²) in [6, 6.07) is 8.42. The zero-order chi connectivity index (χ0) is 22.2. The van der Waals surface area contributed by atoms with Crippen LogP contribution in [0.2, 0.25) is 0 Å². The highest BCUT2D eigenvalue weighted by Crippen LogP contribution is 2.30. The number of fused-ring (bicyclic) bond motifs is 1. The minimum Gasteiger partial charge on any atom is -0.352 e. The molecule has 0 N–H and O–H groups in total. The number of aryl methyl sites for hydroxylation is 3. The highest BCUT2D eigenvalue weighted by molar-refractivity contribution is 7.17. The van der Waals surface area contributed by atoms with Crippen molar-refractivity contribution in [3.8, 4) is 10.6 Å². The Labute approximate surface area is 190 Å². The molecule has 0 spiro atoms. The van der Waals surface area contributed by atoms with Gasteiger partial charge in [-0.15, -0.1) is 11.3 Å². The van der Waals surface area contributed by atoms with Crippen molar-refractivity contribution in [2.24, 2.45) is 7.05 Å². The van der Waals surface area contributed by atoms with Crippen LogP contribution in [0, 0.1) is 6.92 Å². The van der Waals surface area contributed by atoms with E-state index in [2.05, 4.69) is 56.1 Å². The zero-order valence-corrected chi connectivity index (χ0v) is 19.3. The van der Waals surface area contributed by atoms with E-state index in [0.717, 1.165) is 57.5 Å².